The Morgan fingerprint density at radius 3 is 2.33 bits per heavy atom. The standard InChI is InChI=1S/C13H24O4S/c1-18(16,17)11-6-4-5-10(9-11)12(14)13(15)7-2-3-8-13/h10-12,14-15H,2-9H2,1H3. The molecule has 2 N–H and O–H groups in total. The van der Waals surface area contributed by atoms with Gasteiger partial charge in [0.2, 0.25) is 0 Å². The molecule has 0 amide bonds. The molecule has 3 atom stereocenters. The highest BCUT2D eigenvalue weighted by molar-refractivity contribution is 7.91. The van der Waals surface area contributed by atoms with E-state index < -0.39 is 21.5 Å². The summed E-state index contributed by atoms with van der Waals surface area (Å²) in [6.45, 7) is 0. The van der Waals surface area contributed by atoms with Crippen molar-refractivity contribution >= 4 is 9.84 Å². The Bertz CT molecular complexity index is 384. The van der Waals surface area contributed by atoms with E-state index in [0.29, 0.717) is 25.7 Å². The molecule has 18 heavy (non-hydrogen) atoms. The van der Waals surface area contributed by atoms with Crippen LogP contribution in [0.15, 0.2) is 0 Å². The molecule has 3 unspecified atom stereocenters. The molecule has 2 aliphatic carbocycles. The van der Waals surface area contributed by atoms with Crippen LogP contribution in [0.1, 0.15) is 51.4 Å². The van der Waals surface area contributed by atoms with E-state index >= 15 is 0 Å². The number of aliphatic hydroxyl groups excluding tert-OH is 1. The largest absolute Gasteiger partial charge is 0.390 e. The van der Waals surface area contributed by atoms with Gasteiger partial charge in [0, 0.05) is 6.26 Å². The van der Waals surface area contributed by atoms with Gasteiger partial charge in [0.05, 0.1) is 17.0 Å². The summed E-state index contributed by atoms with van der Waals surface area (Å²) >= 11 is 0. The summed E-state index contributed by atoms with van der Waals surface area (Å²) in [7, 11) is -3.03. The second-order valence-corrected chi connectivity index (χ2v) is 8.46. The van der Waals surface area contributed by atoms with Gasteiger partial charge in [0.1, 0.15) is 9.84 Å². The SMILES string of the molecule is CS(=O)(=O)C1CCCC(C(O)C2(O)CCCC2)C1. The van der Waals surface area contributed by atoms with E-state index in [1.54, 1.807) is 0 Å². The molecular formula is C13H24O4S. The number of aliphatic hydroxyl groups is 2. The molecule has 0 bridgehead atoms. The lowest BCUT2D eigenvalue weighted by atomic mass is 9.77. The first-order valence-electron chi connectivity index (χ1n) is 6.92. The Hall–Kier alpha value is -0.130. The average Bonchev–Trinajstić information content (AvgIpc) is 2.75. The summed E-state index contributed by atoms with van der Waals surface area (Å²) in [6, 6.07) is 0. The summed E-state index contributed by atoms with van der Waals surface area (Å²) in [5.74, 6) is -0.0680. The van der Waals surface area contributed by atoms with Crippen molar-refractivity contribution in [2.75, 3.05) is 6.26 Å². The molecular weight excluding hydrogens is 252 g/mol. The molecule has 4 nitrogen and oxygen atoms in total. The highest BCUT2D eigenvalue weighted by Gasteiger charge is 2.44. The Morgan fingerprint density at radius 2 is 1.78 bits per heavy atom. The first-order chi connectivity index (χ1) is 8.33. The van der Waals surface area contributed by atoms with Crippen molar-refractivity contribution in [2.24, 2.45) is 5.92 Å². The predicted molar refractivity (Wildman–Crippen MR) is 70.0 cm³/mol. The third-order valence-electron chi connectivity index (χ3n) is 4.74. The maximum atomic E-state index is 11.6. The summed E-state index contributed by atoms with van der Waals surface area (Å²) < 4.78 is 23.2. The highest BCUT2D eigenvalue weighted by Crippen LogP contribution is 2.40. The van der Waals surface area contributed by atoms with Crippen molar-refractivity contribution in [1.29, 1.82) is 0 Å². The van der Waals surface area contributed by atoms with Crippen molar-refractivity contribution in [1.82, 2.24) is 0 Å². The molecule has 2 rings (SSSR count). The zero-order valence-electron chi connectivity index (χ0n) is 11.0. The molecule has 106 valence electrons. The van der Waals surface area contributed by atoms with Crippen LogP contribution in [-0.2, 0) is 9.84 Å². The van der Waals surface area contributed by atoms with Gasteiger partial charge in [-0.3, -0.25) is 0 Å². The molecule has 0 saturated heterocycles. The lowest BCUT2D eigenvalue weighted by molar-refractivity contribution is -0.102. The van der Waals surface area contributed by atoms with Crippen molar-refractivity contribution in [3.63, 3.8) is 0 Å². The van der Waals surface area contributed by atoms with Crippen LogP contribution in [0.4, 0.5) is 0 Å². The molecule has 0 aliphatic heterocycles. The number of rotatable bonds is 3. The topological polar surface area (TPSA) is 74.6 Å². The van der Waals surface area contributed by atoms with Crippen LogP contribution >= 0.6 is 0 Å². The molecule has 0 heterocycles. The van der Waals surface area contributed by atoms with Crippen molar-refractivity contribution in [2.45, 2.75) is 68.3 Å². The number of hydrogen-bond donors (Lipinski definition) is 2. The monoisotopic (exact) mass is 276 g/mol. The van der Waals surface area contributed by atoms with Crippen LogP contribution in [0, 0.1) is 5.92 Å². The van der Waals surface area contributed by atoms with E-state index in [4.69, 9.17) is 0 Å². The van der Waals surface area contributed by atoms with Gasteiger partial charge in [-0.1, -0.05) is 19.3 Å². The normalized spacial score (nSPS) is 34.4. The van der Waals surface area contributed by atoms with E-state index in [9.17, 15) is 18.6 Å². The van der Waals surface area contributed by atoms with Crippen molar-refractivity contribution in [3.05, 3.63) is 0 Å². The van der Waals surface area contributed by atoms with E-state index in [0.717, 1.165) is 25.7 Å². The third kappa shape index (κ3) is 2.89. The maximum absolute atomic E-state index is 11.6. The lowest BCUT2D eigenvalue weighted by Gasteiger charge is -2.38. The van der Waals surface area contributed by atoms with E-state index in [-0.39, 0.29) is 11.2 Å². The summed E-state index contributed by atoms with van der Waals surface area (Å²) in [6.07, 6.45) is 6.57. The Kier molecular flexibility index (Phi) is 4.04. The zero-order chi connectivity index (χ0) is 13.4. The molecule has 2 fully saturated rings. The fourth-order valence-corrected chi connectivity index (χ4v) is 4.77. The fraction of sp³-hybridized carbons (Fsp3) is 1.00. The summed E-state index contributed by atoms with van der Waals surface area (Å²) in [5, 5.41) is 20.4. The van der Waals surface area contributed by atoms with Crippen molar-refractivity contribution in [3.8, 4) is 0 Å². The van der Waals surface area contributed by atoms with Gasteiger partial charge < -0.3 is 10.2 Å². The molecule has 0 aromatic carbocycles. The van der Waals surface area contributed by atoms with Crippen LogP contribution in [-0.4, -0.2) is 41.8 Å². The van der Waals surface area contributed by atoms with Gasteiger partial charge in [-0.2, -0.15) is 0 Å². The third-order valence-corrected chi connectivity index (χ3v) is 6.38. The quantitative estimate of drug-likeness (QED) is 0.813. The van der Waals surface area contributed by atoms with E-state index in [1.807, 2.05) is 0 Å². The first-order valence-corrected chi connectivity index (χ1v) is 8.88. The van der Waals surface area contributed by atoms with E-state index in [1.165, 1.54) is 6.26 Å². The predicted octanol–water partition coefficient (Wildman–Crippen LogP) is 1.26. The minimum Gasteiger partial charge on any atom is -0.390 e. The molecule has 2 aliphatic rings. The van der Waals surface area contributed by atoms with Gasteiger partial charge in [0.25, 0.3) is 0 Å². The minimum atomic E-state index is -3.03. The van der Waals surface area contributed by atoms with Gasteiger partial charge in [-0.15, -0.1) is 0 Å². The smallest absolute Gasteiger partial charge is 0.150 e. The minimum absolute atomic E-state index is 0.0680. The van der Waals surface area contributed by atoms with E-state index in [2.05, 4.69) is 0 Å². The number of hydrogen-bond acceptors (Lipinski definition) is 4. The van der Waals surface area contributed by atoms with Gasteiger partial charge in [0.15, 0.2) is 0 Å². The van der Waals surface area contributed by atoms with Crippen LogP contribution in [0.25, 0.3) is 0 Å². The zero-order valence-corrected chi connectivity index (χ0v) is 11.8. The first kappa shape index (κ1) is 14.3. The maximum Gasteiger partial charge on any atom is 0.150 e. The molecule has 0 aromatic heterocycles. The molecule has 5 heteroatoms. The molecule has 0 radical (unpaired) electrons. The van der Waals surface area contributed by atoms with Crippen molar-refractivity contribution < 1.29 is 18.6 Å². The lowest BCUT2D eigenvalue weighted by Crippen LogP contribution is -2.47. The van der Waals surface area contributed by atoms with Gasteiger partial charge in [-0.25, -0.2) is 8.42 Å². The molecule has 0 spiro atoms. The van der Waals surface area contributed by atoms with Crippen LogP contribution in [0.5, 0.6) is 0 Å². The van der Waals surface area contributed by atoms with Gasteiger partial charge >= 0.3 is 0 Å². The Labute approximate surface area is 109 Å². The summed E-state index contributed by atoms with van der Waals surface area (Å²) in [5.41, 5.74) is -0.968. The summed E-state index contributed by atoms with van der Waals surface area (Å²) in [4.78, 5) is 0. The second-order valence-electron chi connectivity index (χ2n) is 6.13. The molecule has 2 saturated carbocycles. The average molecular weight is 276 g/mol. The number of sulfone groups is 1. The van der Waals surface area contributed by atoms with Crippen LogP contribution in [0.3, 0.4) is 0 Å². The molecule has 0 aromatic rings. The fourth-order valence-electron chi connectivity index (χ4n) is 3.58. The van der Waals surface area contributed by atoms with Gasteiger partial charge in [-0.05, 0) is 38.0 Å². The Balaban J connectivity index is 2.04. The highest BCUT2D eigenvalue weighted by atomic mass is 32.2. The Morgan fingerprint density at radius 1 is 1.17 bits per heavy atom. The second kappa shape index (κ2) is 5.10. The van der Waals surface area contributed by atoms with Crippen LogP contribution in [0.2, 0.25) is 0 Å². The van der Waals surface area contributed by atoms with Crippen LogP contribution < -0.4 is 0 Å².